The van der Waals surface area contributed by atoms with E-state index < -0.39 is 6.10 Å². The molecule has 0 bridgehead atoms. The van der Waals surface area contributed by atoms with E-state index in [4.69, 9.17) is 10.00 Å². The van der Waals surface area contributed by atoms with E-state index in [-0.39, 0.29) is 6.04 Å². The van der Waals surface area contributed by atoms with Crippen LogP contribution in [0.3, 0.4) is 0 Å². The maximum absolute atomic E-state index is 9.19. The number of hydrogen-bond donors (Lipinski definition) is 2. The van der Waals surface area contributed by atoms with Gasteiger partial charge in [-0.2, -0.15) is 5.26 Å². The molecular formula is C8H16N2O2. The Kier molecular flexibility index (Phi) is 6.67. The minimum Gasteiger partial charge on any atom is -0.389 e. The lowest BCUT2D eigenvalue weighted by Gasteiger charge is -2.12. The summed E-state index contributed by atoms with van der Waals surface area (Å²) in [7, 11) is 1.53. The molecule has 0 aliphatic carbocycles. The predicted molar refractivity (Wildman–Crippen MR) is 45.6 cm³/mol. The SMILES string of the molecule is CCC(C#N)NCC(O)COC. The third-order valence-corrected chi connectivity index (χ3v) is 1.52. The van der Waals surface area contributed by atoms with Gasteiger partial charge in [0.05, 0.1) is 24.8 Å². The minimum atomic E-state index is -0.530. The van der Waals surface area contributed by atoms with Crippen LogP contribution in [-0.2, 0) is 4.74 Å². The molecule has 0 saturated heterocycles. The molecule has 0 heterocycles. The van der Waals surface area contributed by atoms with Crippen LogP contribution in [0.25, 0.3) is 0 Å². The smallest absolute Gasteiger partial charge is 0.0951 e. The third-order valence-electron chi connectivity index (χ3n) is 1.52. The van der Waals surface area contributed by atoms with Crippen LogP contribution in [-0.4, -0.2) is 37.5 Å². The highest BCUT2D eigenvalue weighted by Gasteiger charge is 2.07. The van der Waals surface area contributed by atoms with Crippen LogP contribution in [0.4, 0.5) is 0 Å². The number of hydrogen-bond acceptors (Lipinski definition) is 4. The van der Waals surface area contributed by atoms with Gasteiger partial charge in [0.1, 0.15) is 0 Å². The zero-order chi connectivity index (χ0) is 9.40. The Hall–Kier alpha value is -0.630. The highest BCUT2D eigenvalue weighted by molar-refractivity contribution is 4.88. The number of rotatable bonds is 6. The van der Waals surface area contributed by atoms with Gasteiger partial charge in [0, 0.05) is 13.7 Å². The molecule has 0 amide bonds. The van der Waals surface area contributed by atoms with Crippen molar-refractivity contribution in [1.29, 1.82) is 5.26 Å². The van der Waals surface area contributed by atoms with E-state index in [0.717, 1.165) is 6.42 Å². The number of methoxy groups -OCH3 is 1. The van der Waals surface area contributed by atoms with Crippen LogP contribution in [0, 0.1) is 11.3 Å². The lowest BCUT2D eigenvalue weighted by molar-refractivity contribution is 0.0636. The van der Waals surface area contributed by atoms with Gasteiger partial charge >= 0.3 is 0 Å². The standard InChI is InChI=1S/C8H16N2O2/c1-3-7(4-9)10-5-8(11)6-12-2/h7-8,10-11H,3,5-6H2,1-2H3. The summed E-state index contributed by atoms with van der Waals surface area (Å²) in [6.45, 7) is 2.62. The van der Waals surface area contributed by atoms with Crippen LogP contribution >= 0.6 is 0 Å². The molecule has 0 radical (unpaired) electrons. The molecule has 0 saturated carbocycles. The van der Waals surface area contributed by atoms with Crippen LogP contribution in [0.1, 0.15) is 13.3 Å². The topological polar surface area (TPSA) is 65.3 Å². The van der Waals surface area contributed by atoms with E-state index in [1.54, 1.807) is 0 Å². The van der Waals surface area contributed by atoms with Crippen molar-refractivity contribution in [2.75, 3.05) is 20.3 Å². The Morgan fingerprint density at radius 3 is 2.75 bits per heavy atom. The van der Waals surface area contributed by atoms with Crippen molar-refractivity contribution < 1.29 is 9.84 Å². The van der Waals surface area contributed by atoms with E-state index in [1.165, 1.54) is 7.11 Å². The number of nitriles is 1. The Morgan fingerprint density at radius 1 is 1.67 bits per heavy atom. The number of aliphatic hydroxyl groups is 1. The van der Waals surface area contributed by atoms with Crippen molar-refractivity contribution in [3.8, 4) is 6.07 Å². The van der Waals surface area contributed by atoms with Gasteiger partial charge in [-0.1, -0.05) is 6.92 Å². The van der Waals surface area contributed by atoms with Crippen LogP contribution in [0.5, 0.6) is 0 Å². The van der Waals surface area contributed by atoms with E-state index in [2.05, 4.69) is 11.4 Å². The molecule has 2 atom stereocenters. The van der Waals surface area contributed by atoms with Gasteiger partial charge < -0.3 is 9.84 Å². The normalized spacial score (nSPS) is 15.2. The monoisotopic (exact) mass is 172 g/mol. The molecule has 4 nitrogen and oxygen atoms in total. The molecule has 0 aromatic heterocycles. The quantitative estimate of drug-likeness (QED) is 0.586. The van der Waals surface area contributed by atoms with Gasteiger partial charge in [0.15, 0.2) is 0 Å². The van der Waals surface area contributed by atoms with Gasteiger partial charge in [-0.25, -0.2) is 0 Å². The molecule has 0 aromatic carbocycles. The second kappa shape index (κ2) is 7.04. The summed E-state index contributed by atoms with van der Waals surface area (Å²) in [5, 5.41) is 20.6. The zero-order valence-corrected chi connectivity index (χ0v) is 7.58. The first-order chi connectivity index (χ1) is 5.74. The van der Waals surface area contributed by atoms with Crippen molar-refractivity contribution >= 4 is 0 Å². The predicted octanol–water partition coefficient (Wildman–Crippen LogP) is -0.115. The highest BCUT2D eigenvalue weighted by Crippen LogP contribution is 1.89. The maximum Gasteiger partial charge on any atom is 0.0951 e. The molecule has 70 valence electrons. The fourth-order valence-corrected chi connectivity index (χ4v) is 0.811. The molecule has 0 aliphatic rings. The first-order valence-electron chi connectivity index (χ1n) is 4.04. The van der Waals surface area contributed by atoms with Crippen molar-refractivity contribution in [2.45, 2.75) is 25.5 Å². The van der Waals surface area contributed by atoms with Crippen molar-refractivity contribution in [2.24, 2.45) is 0 Å². The van der Waals surface area contributed by atoms with E-state index in [1.807, 2.05) is 6.92 Å². The zero-order valence-electron chi connectivity index (χ0n) is 7.58. The van der Waals surface area contributed by atoms with Gasteiger partial charge in [-0.3, -0.25) is 5.32 Å². The Labute approximate surface area is 73.1 Å². The summed E-state index contributed by atoms with van der Waals surface area (Å²) >= 11 is 0. The summed E-state index contributed by atoms with van der Waals surface area (Å²) in [5.41, 5.74) is 0. The minimum absolute atomic E-state index is 0.170. The summed E-state index contributed by atoms with van der Waals surface area (Å²) in [4.78, 5) is 0. The number of nitrogens with one attached hydrogen (secondary N) is 1. The second-order valence-corrected chi connectivity index (χ2v) is 2.61. The average molecular weight is 172 g/mol. The van der Waals surface area contributed by atoms with Crippen LogP contribution < -0.4 is 5.32 Å². The molecule has 12 heavy (non-hydrogen) atoms. The Morgan fingerprint density at radius 2 is 2.33 bits per heavy atom. The molecule has 2 unspecified atom stereocenters. The number of ether oxygens (including phenoxy) is 1. The molecule has 0 fully saturated rings. The number of aliphatic hydroxyl groups excluding tert-OH is 1. The fraction of sp³-hybridized carbons (Fsp3) is 0.875. The van der Waals surface area contributed by atoms with E-state index in [0.29, 0.717) is 13.2 Å². The fourth-order valence-electron chi connectivity index (χ4n) is 0.811. The molecule has 0 aliphatic heterocycles. The summed E-state index contributed by atoms with van der Waals surface area (Å²) in [5.74, 6) is 0. The lowest BCUT2D eigenvalue weighted by atomic mass is 10.2. The van der Waals surface area contributed by atoms with Gasteiger partial charge in [-0.15, -0.1) is 0 Å². The molecule has 0 spiro atoms. The Balaban J connectivity index is 3.46. The lowest BCUT2D eigenvalue weighted by Crippen LogP contribution is -2.36. The van der Waals surface area contributed by atoms with Crippen LogP contribution in [0.2, 0.25) is 0 Å². The largest absolute Gasteiger partial charge is 0.389 e. The molecule has 0 aromatic rings. The Bertz CT molecular complexity index is 144. The maximum atomic E-state index is 9.19. The van der Waals surface area contributed by atoms with E-state index in [9.17, 15) is 5.11 Å². The first-order valence-corrected chi connectivity index (χ1v) is 4.04. The summed E-state index contributed by atoms with van der Waals surface area (Å²) < 4.78 is 4.73. The van der Waals surface area contributed by atoms with Gasteiger partial charge in [0.25, 0.3) is 0 Å². The van der Waals surface area contributed by atoms with Crippen molar-refractivity contribution in [1.82, 2.24) is 5.32 Å². The van der Waals surface area contributed by atoms with E-state index >= 15 is 0 Å². The van der Waals surface area contributed by atoms with Gasteiger partial charge in [0.2, 0.25) is 0 Å². The second-order valence-electron chi connectivity index (χ2n) is 2.61. The third kappa shape index (κ3) is 5.08. The highest BCUT2D eigenvalue weighted by atomic mass is 16.5. The summed E-state index contributed by atoms with van der Waals surface area (Å²) in [6.07, 6.45) is 0.216. The molecule has 0 rings (SSSR count). The van der Waals surface area contributed by atoms with Crippen LogP contribution in [0.15, 0.2) is 0 Å². The first kappa shape index (κ1) is 11.4. The summed E-state index contributed by atoms with van der Waals surface area (Å²) in [6, 6.07) is 1.92. The number of nitrogens with zero attached hydrogens (tertiary/aromatic N) is 1. The van der Waals surface area contributed by atoms with Crippen molar-refractivity contribution in [3.63, 3.8) is 0 Å². The van der Waals surface area contributed by atoms with Gasteiger partial charge in [-0.05, 0) is 6.42 Å². The molecule has 4 heteroatoms. The molecule has 2 N–H and O–H groups in total. The van der Waals surface area contributed by atoms with Crippen molar-refractivity contribution in [3.05, 3.63) is 0 Å². The average Bonchev–Trinajstić information content (AvgIpc) is 2.07. The molecular weight excluding hydrogens is 156 g/mol.